The highest BCUT2D eigenvalue weighted by Crippen LogP contribution is 2.24. The molecule has 1 aromatic rings. The zero-order valence-corrected chi connectivity index (χ0v) is 15.0. The van der Waals surface area contributed by atoms with Gasteiger partial charge in [-0.05, 0) is 49.8 Å². The highest BCUT2D eigenvalue weighted by Gasteiger charge is 2.24. The third-order valence-corrected chi connectivity index (χ3v) is 5.68. The van der Waals surface area contributed by atoms with E-state index in [1.54, 1.807) is 0 Å². The molecule has 0 spiro atoms. The Kier molecular flexibility index (Phi) is 6.47. The van der Waals surface area contributed by atoms with Gasteiger partial charge in [0.05, 0.1) is 11.6 Å². The molecule has 2 fully saturated rings. The molecular formula is C21H29N3O. The number of piperidine rings is 1. The molecule has 4 nitrogen and oxygen atoms in total. The van der Waals surface area contributed by atoms with Crippen molar-refractivity contribution in [3.63, 3.8) is 0 Å². The molecule has 4 heteroatoms. The van der Waals surface area contributed by atoms with E-state index in [9.17, 15) is 10.1 Å². The van der Waals surface area contributed by atoms with E-state index in [1.165, 1.54) is 32.1 Å². The molecule has 1 atom stereocenters. The van der Waals surface area contributed by atoms with Crippen LogP contribution in [0.2, 0.25) is 0 Å². The number of amides is 1. The molecule has 0 unspecified atom stereocenters. The Morgan fingerprint density at radius 1 is 1.16 bits per heavy atom. The molecule has 1 heterocycles. The first-order valence-corrected chi connectivity index (χ1v) is 9.74. The van der Waals surface area contributed by atoms with Crippen LogP contribution in [0.25, 0.3) is 0 Å². The van der Waals surface area contributed by atoms with Crippen LogP contribution >= 0.6 is 0 Å². The molecule has 25 heavy (non-hydrogen) atoms. The van der Waals surface area contributed by atoms with E-state index in [1.807, 2.05) is 24.3 Å². The van der Waals surface area contributed by atoms with E-state index in [0.717, 1.165) is 50.1 Å². The lowest BCUT2D eigenvalue weighted by Crippen LogP contribution is -2.42. The van der Waals surface area contributed by atoms with Gasteiger partial charge < -0.3 is 5.32 Å². The second-order valence-electron chi connectivity index (χ2n) is 7.59. The summed E-state index contributed by atoms with van der Waals surface area (Å²) in [6.45, 7) is 3.71. The summed E-state index contributed by atoms with van der Waals surface area (Å²) in [6.07, 6.45) is 8.16. The smallest absolute Gasteiger partial charge is 0.223 e. The zero-order valence-electron chi connectivity index (χ0n) is 15.0. The monoisotopic (exact) mass is 339 g/mol. The van der Waals surface area contributed by atoms with Crippen LogP contribution in [0.3, 0.4) is 0 Å². The van der Waals surface area contributed by atoms with Crippen molar-refractivity contribution in [3.8, 4) is 6.07 Å². The van der Waals surface area contributed by atoms with Crippen molar-refractivity contribution in [3.05, 3.63) is 35.4 Å². The maximum atomic E-state index is 12.3. The lowest BCUT2D eigenvalue weighted by Gasteiger charge is -2.33. The SMILES string of the molecule is N#Cc1ccccc1CN1CCC[C@@H](CNC(=O)C2CCCCC2)C1. The summed E-state index contributed by atoms with van der Waals surface area (Å²) in [7, 11) is 0. The lowest BCUT2D eigenvalue weighted by molar-refractivity contribution is -0.126. The predicted octanol–water partition coefficient (Wildman–Crippen LogP) is 3.47. The minimum Gasteiger partial charge on any atom is -0.356 e. The van der Waals surface area contributed by atoms with E-state index in [2.05, 4.69) is 16.3 Å². The molecule has 1 aliphatic carbocycles. The maximum Gasteiger partial charge on any atom is 0.223 e. The number of rotatable bonds is 5. The van der Waals surface area contributed by atoms with Gasteiger partial charge in [0.25, 0.3) is 0 Å². The number of nitrogens with zero attached hydrogens (tertiary/aromatic N) is 2. The molecule has 0 bridgehead atoms. The Balaban J connectivity index is 1.48. The number of carbonyl (C=O) groups is 1. The topological polar surface area (TPSA) is 56.1 Å². The van der Waals surface area contributed by atoms with Crippen molar-refractivity contribution in [2.45, 2.75) is 51.5 Å². The van der Waals surface area contributed by atoms with Crippen LogP contribution in [-0.2, 0) is 11.3 Å². The number of benzene rings is 1. The molecule has 1 aromatic carbocycles. The lowest BCUT2D eigenvalue weighted by atomic mass is 9.88. The highest BCUT2D eigenvalue weighted by atomic mass is 16.1. The summed E-state index contributed by atoms with van der Waals surface area (Å²) in [5.41, 5.74) is 1.88. The summed E-state index contributed by atoms with van der Waals surface area (Å²) in [5.74, 6) is 1.04. The predicted molar refractivity (Wildman–Crippen MR) is 98.7 cm³/mol. The third-order valence-electron chi connectivity index (χ3n) is 5.68. The fourth-order valence-corrected chi connectivity index (χ4v) is 4.22. The Morgan fingerprint density at radius 3 is 2.76 bits per heavy atom. The van der Waals surface area contributed by atoms with Crippen molar-refractivity contribution >= 4 is 5.91 Å². The van der Waals surface area contributed by atoms with Gasteiger partial charge in [-0.15, -0.1) is 0 Å². The first kappa shape index (κ1) is 17.9. The standard InChI is InChI=1S/C21H29N3O/c22-13-19-10-4-5-11-20(19)16-24-12-6-7-17(15-24)14-23-21(25)18-8-2-1-3-9-18/h4-5,10-11,17-18H,1-3,6-9,12,14-16H2,(H,23,25)/t17-/m0/s1. The summed E-state index contributed by atoms with van der Waals surface area (Å²) >= 11 is 0. The number of carbonyl (C=O) groups excluding carboxylic acids is 1. The van der Waals surface area contributed by atoms with Crippen LogP contribution in [0, 0.1) is 23.2 Å². The van der Waals surface area contributed by atoms with E-state index in [4.69, 9.17) is 0 Å². The Morgan fingerprint density at radius 2 is 1.96 bits per heavy atom. The molecule has 1 saturated heterocycles. The third kappa shape index (κ3) is 5.06. The zero-order chi connectivity index (χ0) is 17.5. The molecule has 0 aromatic heterocycles. The van der Waals surface area contributed by atoms with Gasteiger partial charge in [0.15, 0.2) is 0 Å². The van der Waals surface area contributed by atoms with Gasteiger partial charge in [0.1, 0.15) is 0 Å². The van der Waals surface area contributed by atoms with Gasteiger partial charge in [-0.25, -0.2) is 0 Å². The van der Waals surface area contributed by atoms with Crippen LogP contribution in [0.4, 0.5) is 0 Å². The van der Waals surface area contributed by atoms with Gasteiger partial charge in [-0.3, -0.25) is 9.69 Å². The molecule has 3 rings (SSSR count). The molecule has 2 aliphatic rings. The van der Waals surface area contributed by atoms with Crippen LogP contribution in [0.1, 0.15) is 56.1 Å². The second kappa shape index (κ2) is 9.01. The minimum atomic E-state index is 0.246. The highest BCUT2D eigenvalue weighted by molar-refractivity contribution is 5.78. The molecule has 1 saturated carbocycles. The number of hydrogen-bond donors (Lipinski definition) is 1. The number of hydrogen-bond acceptors (Lipinski definition) is 3. The summed E-state index contributed by atoms with van der Waals surface area (Å²) in [4.78, 5) is 14.8. The average Bonchev–Trinajstić information content (AvgIpc) is 2.67. The number of likely N-dealkylation sites (tertiary alicyclic amines) is 1. The quantitative estimate of drug-likeness (QED) is 0.894. The minimum absolute atomic E-state index is 0.246. The normalized spacial score (nSPS) is 22.3. The van der Waals surface area contributed by atoms with Crippen molar-refractivity contribution in [2.24, 2.45) is 11.8 Å². The Bertz CT molecular complexity index is 616. The van der Waals surface area contributed by atoms with Gasteiger partial charge in [0, 0.05) is 25.6 Å². The summed E-state index contributed by atoms with van der Waals surface area (Å²) in [5, 5.41) is 12.5. The van der Waals surface area contributed by atoms with Crippen molar-refractivity contribution < 1.29 is 4.79 Å². The van der Waals surface area contributed by atoms with E-state index in [0.29, 0.717) is 5.92 Å². The average molecular weight is 339 g/mol. The summed E-state index contributed by atoms with van der Waals surface area (Å²) in [6, 6.07) is 10.1. The second-order valence-corrected chi connectivity index (χ2v) is 7.59. The van der Waals surface area contributed by atoms with Crippen molar-refractivity contribution in [1.82, 2.24) is 10.2 Å². The Labute approximate surface area is 151 Å². The fraction of sp³-hybridized carbons (Fsp3) is 0.619. The molecule has 0 radical (unpaired) electrons. The van der Waals surface area contributed by atoms with Crippen LogP contribution in [-0.4, -0.2) is 30.4 Å². The van der Waals surface area contributed by atoms with E-state index >= 15 is 0 Å². The summed E-state index contributed by atoms with van der Waals surface area (Å²) < 4.78 is 0. The van der Waals surface area contributed by atoms with Gasteiger partial charge in [-0.1, -0.05) is 37.5 Å². The first-order valence-electron chi connectivity index (χ1n) is 9.74. The first-order chi connectivity index (χ1) is 12.3. The van der Waals surface area contributed by atoms with Crippen LogP contribution in [0.15, 0.2) is 24.3 Å². The maximum absolute atomic E-state index is 12.3. The van der Waals surface area contributed by atoms with Crippen LogP contribution < -0.4 is 5.32 Å². The molecule has 134 valence electrons. The van der Waals surface area contributed by atoms with Crippen molar-refractivity contribution in [2.75, 3.05) is 19.6 Å². The van der Waals surface area contributed by atoms with Gasteiger partial charge in [-0.2, -0.15) is 5.26 Å². The van der Waals surface area contributed by atoms with Gasteiger partial charge in [0.2, 0.25) is 5.91 Å². The Hall–Kier alpha value is -1.86. The van der Waals surface area contributed by atoms with Crippen molar-refractivity contribution in [1.29, 1.82) is 5.26 Å². The van der Waals surface area contributed by atoms with Gasteiger partial charge >= 0.3 is 0 Å². The van der Waals surface area contributed by atoms with Crippen LogP contribution in [0.5, 0.6) is 0 Å². The van der Waals surface area contributed by atoms with E-state index < -0.39 is 0 Å². The molecule has 1 aliphatic heterocycles. The fourth-order valence-electron chi connectivity index (χ4n) is 4.22. The molecule has 1 N–H and O–H groups in total. The number of nitriles is 1. The van der Waals surface area contributed by atoms with E-state index in [-0.39, 0.29) is 11.8 Å². The molecule has 1 amide bonds. The largest absolute Gasteiger partial charge is 0.356 e. The number of nitrogens with one attached hydrogen (secondary N) is 1. The molecular weight excluding hydrogens is 310 g/mol.